The lowest BCUT2D eigenvalue weighted by molar-refractivity contribution is -0.121. The Bertz CT molecular complexity index is 1070. The third-order valence-electron chi connectivity index (χ3n) is 5.51. The van der Waals surface area contributed by atoms with Crippen LogP contribution in [0.3, 0.4) is 0 Å². The van der Waals surface area contributed by atoms with Crippen LogP contribution in [0, 0.1) is 0 Å². The van der Waals surface area contributed by atoms with E-state index in [1.807, 2.05) is 30.3 Å². The Hall–Kier alpha value is -3.68. The molecule has 8 nitrogen and oxygen atoms in total. The van der Waals surface area contributed by atoms with Gasteiger partial charge in [-0.1, -0.05) is 41.6 Å². The molecule has 2 amide bonds. The summed E-state index contributed by atoms with van der Waals surface area (Å²) in [7, 11) is 1.57. The molecule has 1 saturated heterocycles. The number of aromatic nitrogens is 2. The normalized spacial score (nSPS) is 15.5. The molecule has 2 heterocycles. The third-order valence-corrected chi connectivity index (χ3v) is 5.51. The first-order valence-corrected chi connectivity index (χ1v) is 10.7. The quantitative estimate of drug-likeness (QED) is 0.584. The van der Waals surface area contributed by atoms with Crippen molar-refractivity contribution in [3.8, 4) is 5.75 Å². The van der Waals surface area contributed by atoms with Gasteiger partial charge in [0.05, 0.1) is 13.2 Å². The van der Waals surface area contributed by atoms with E-state index in [-0.39, 0.29) is 24.3 Å². The summed E-state index contributed by atoms with van der Waals surface area (Å²) in [6.07, 6.45) is 2.24. The minimum Gasteiger partial charge on any atom is -0.497 e. The molecule has 0 spiro atoms. The smallest absolute Gasteiger partial charge is 0.254 e. The van der Waals surface area contributed by atoms with Gasteiger partial charge < -0.3 is 19.5 Å². The maximum atomic E-state index is 13.0. The summed E-state index contributed by atoms with van der Waals surface area (Å²) < 4.78 is 10.6. The van der Waals surface area contributed by atoms with E-state index in [4.69, 9.17) is 9.26 Å². The van der Waals surface area contributed by atoms with Crippen LogP contribution in [0.25, 0.3) is 0 Å². The topological polar surface area (TPSA) is 97.6 Å². The largest absolute Gasteiger partial charge is 0.497 e. The van der Waals surface area contributed by atoms with Crippen molar-refractivity contribution in [1.29, 1.82) is 0 Å². The second kappa shape index (κ2) is 10.1. The Balaban J connectivity index is 1.34. The highest BCUT2D eigenvalue weighted by atomic mass is 16.5. The van der Waals surface area contributed by atoms with Crippen LogP contribution in [-0.4, -0.2) is 40.5 Å². The number of hydrogen-bond acceptors (Lipinski definition) is 6. The predicted molar refractivity (Wildman–Crippen MR) is 117 cm³/mol. The molecule has 1 aliphatic rings. The van der Waals surface area contributed by atoms with Crippen LogP contribution >= 0.6 is 0 Å². The molecule has 1 N–H and O–H groups in total. The van der Waals surface area contributed by atoms with Crippen molar-refractivity contribution in [1.82, 2.24) is 20.4 Å². The van der Waals surface area contributed by atoms with Crippen molar-refractivity contribution in [3.05, 3.63) is 77.4 Å². The van der Waals surface area contributed by atoms with E-state index >= 15 is 0 Å². The van der Waals surface area contributed by atoms with Gasteiger partial charge >= 0.3 is 0 Å². The van der Waals surface area contributed by atoms with Crippen molar-refractivity contribution >= 4 is 11.8 Å². The SMILES string of the molecule is COc1cccc(C(=O)N2CCCC2c2noc(CCC(=O)NCc3ccccc3)n2)c1. The number of rotatable bonds is 8. The zero-order chi connectivity index (χ0) is 22.3. The fourth-order valence-electron chi connectivity index (χ4n) is 3.81. The highest BCUT2D eigenvalue weighted by Gasteiger charge is 2.34. The van der Waals surface area contributed by atoms with Gasteiger partial charge in [0.15, 0.2) is 5.82 Å². The van der Waals surface area contributed by atoms with Crippen molar-refractivity contribution in [3.63, 3.8) is 0 Å². The van der Waals surface area contributed by atoms with Crippen LogP contribution in [-0.2, 0) is 17.8 Å². The van der Waals surface area contributed by atoms with Crippen LogP contribution in [0.1, 0.15) is 52.9 Å². The Morgan fingerprint density at radius 2 is 2.03 bits per heavy atom. The molecule has 1 atom stereocenters. The third kappa shape index (κ3) is 5.14. The monoisotopic (exact) mass is 434 g/mol. The molecule has 0 aliphatic carbocycles. The Morgan fingerprint density at radius 3 is 2.84 bits per heavy atom. The molecule has 3 aromatic rings. The molecule has 8 heteroatoms. The predicted octanol–water partition coefficient (Wildman–Crippen LogP) is 3.30. The minimum absolute atomic E-state index is 0.0794. The maximum Gasteiger partial charge on any atom is 0.254 e. The van der Waals surface area contributed by atoms with Crippen molar-refractivity contribution in [2.45, 2.75) is 38.3 Å². The fraction of sp³-hybridized carbons (Fsp3) is 0.333. The number of carbonyl (C=O) groups excluding carboxylic acids is 2. The van der Waals surface area contributed by atoms with E-state index in [1.54, 1.807) is 36.3 Å². The number of ether oxygens (including phenoxy) is 1. The van der Waals surface area contributed by atoms with E-state index in [0.29, 0.717) is 42.5 Å². The molecule has 1 unspecified atom stereocenters. The van der Waals surface area contributed by atoms with E-state index in [9.17, 15) is 9.59 Å². The lowest BCUT2D eigenvalue weighted by atomic mass is 10.1. The number of hydrogen-bond donors (Lipinski definition) is 1. The van der Waals surface area contributed by atoms with Gasteiger partial charge in [-0.3, -0.25) is 9.59 Å². The van der Waals surface area contributed by atoms with Crippen LogP contribution < -0.4 is 10.1 Å². The Labute approximate surface area is 186 Å². The van der Waals surface area contributed by atoms with Crippen LogP contribution in [0.5, 0.6) is 5.75 Å². The van der Waals surface area contributed by atoms with Gasteiger partial charge in [-0.15, -0.1) is 0 Å². The number of likely N-dealkylation sites (tertiary alicyclic amines) is 1. The summed E-state index contributed by atoms with van der Waals surface area (Å²) in [4.78, 5) is 31.4. The summed E-state index contributed by atoms with van der Waals surface area (Å²) in [6, 6.07) is 16.6. The average Bonchev–Trinajstić information content (AvgIpc) is 3.51. The van der Waals surface area contributed by atoms with Gasteiger partial charge in [-0.05, 0) is 36.6 Å². The summed E-state index contributed by atoms with van der Waals surface area (Å²) in [5.74, 6) is 1.36. The molecule has 0 saturated carbocycles. The molecule has 166 valence electrons. The zero-order valence-corrected chi connectivity index (χ0v) is 18.0. The summed E-state index contributed by atoms with van der Waals surface area (Å²) in [5, 5.41) is 6.98. The van der Waals surface area contributed by atoms with Crippen LogP contribution in [0.2, 0.25) is 0 Å². The van der Waals surface area contributed by atoms with Crippen molar-refractivity contribution < 1.29 is 18.8 Å². The van der Waals surface area contributed by atoms with Crippen LogP contribution in [0.4, 0.5) is 0 Å². The number of nitrogens with zero attached hydrogens (tertiary/aromatic N) is 3. The highest BCUT2D eigenvalue weighted by Crippen LogP contribution is 2.32. The summed E-state index contributed by atoms with van der Waals surface area (Å²) in [5.41, 5.74) is 1.61. The molecule has 1 fully saturated rings. The number of carbonyl (C=O) groups is 2. The highest BCUT2D eigenvalue weighted by molar-refractivity contribution is 5.95. The van der Waals surface area contributed by atoms with Gasteiger partial charge in [-0.25, -0.2) is 0 Å². The van der Waals surface area contributed by atoms with Gasteiger partial charge in [0.1, 0.15) is 5.75 Å². The number of aryl methyl sites for hydroxylation is 1. The molecular formula is C24H26N4O4. The van der Waals surface area contributed by atoms with E-state index < -0.39 is 0 Å². The number of methoxy groups -OCH3 is 1. The standard InChI is InChI=1S/C24H26N4O4/c1-31-19-10-5-9-18(15-19)24(30)28-14-6-11-20(28)23-26-22(32-27-23)13-12-21(29)25-16-17-7-3-2-4-8-17/h2-5,7-10,15,20H,6,11-14,16H2,1H3,(H,25,29). The maximum absolute atomic E-state index is 13.0. The number of amides is 2. The molecule has 32 heavy (non-hydrogen) atoms. The average molecular weight is 434 g/mol. The molecule has 0 radical (unpaired) electrons. The van der Waals surface area contributed by atoms with Gasteiger partial charge in [0, 0.05) is 31.5 Å². The van der Waals surface area contributed by atoms with Crippen molar-refractivity contribution in [2.75, 3.05) is 13.7 Å². The van der Waals surface area contributed by atoms with Gasteiger partial charge in [-0.2, -0.15) is 4.98 Å². The minimum atomic E-state index is -0.238. The van der Waals surface area contributed by atoms with Crippen LogP contribution in [0.15, 0.2) is 59.1 Å². The van der Waals surface area contributed by atoms with Gasteiger partial charge in [0.25, 0.3) is 5.91 Å². The molecule has 1 aromatic heterocycles. The Kier molecular flexibility index (Phi) is 6.79. The first-order valence-electron chi connectivity index (χ1n) is 10.7. The fourth-order valence-corrected chi connectivity index (χ4v) is 3.81. The second-order valence-electron chi connectivity index (χ2n) is 7.70. The first-order chi connectivity index (χ1) is 15.6. The summed E-state index contributed by atoms with van der Waals surface area (Å²) >= 11 is 0. The molecule has 1 aliphatic heterocycles. The first kappa shape index (κ1) is 21.5. The molecule has 0 bridgehead atoms. The van der Waals surface area contributed by atoms with Crippen molar-refractivity contribution in [2.24, 2.45) is 0 Å². The van der Waals surface area contributed by atoms with E-state index in [1.165, 1.54) is 0 Å². The van der Waals surface area contributed by atoms with E-state index in [2.05, 4.69) is 15.5 Å². The lowest BCUT2D eigenvalue weighted by Gasteiger charge is -2.22. The van der Waals surface area contributed by atoms with Gasteiger partial charge in [0.2, 0.25) is 11.8 Å². The lowest BCUT2D eigenvalue weighted by Crippen LogP contribution is -2.31. The zero-order valence-electron chi connectivity index (χ0n) is 18.0. The molecular weight excluding hydrogens is 408 g/mol. The van der Waals surface area contributed by atoms with E-state index in [0.717, 1.165) is 18.4 Å². The number of nitrogens with one attached hydrogen (secondary N) is 1. The Morgan fingerprint density at radius 1 is 1.19 bits per heavy atom. The molecule has 2 aromatic carbocycles. The summed E-state index contributed by atoms with van der Waals surface area (Å²) in [6.45, 7) is 1.12. The second-order valence-corrected chi connectivity index (χ2v) is 7.70. The molecule has 4 rings (SSSR count). The number of benzene rings is 2.